The number of piperazine rings is 1. The first-order chi connectivity index (χ1) is 16.6. The molecule has 1 aliphatic heterocycles. The Labute approximate surface area is 198 Å². The van der Waals surface area contributed by atoms with Crippen molar-refractivity contribution < 1.29 is 0 Å². The van der Waals surface area contributed by atoms with E-state index in [2.05, 4.69) is 55.4 Å². The van der Waals surface area contributed by atoms with Crippen LogP contribution >= 0.6 is 0 Å². The molecule has 4 aromatic heterocycles. The molecule has 0 bridgehead atoms. The number of hydrogen-bond donors (Lipinski definition) is 1. The molecule has 5 heterocycles. The molecule has 0 radical (unpaired) electrons. The standard InChI is InChI=1S/C25H29N9/c1-31-9-11-33(12-10-31)20-7-8-23(26-15-20)29-25-27-16-21-13-22(19-14-28-32(2)17-19)24(34(21)30-25)18-5-3-4-6-18/h5,7-8,13-17H,3-4,6,9-12H2,1-2H3,(H,26,29,30). The molecule has 2 aliphatic rings. The van der Waals surface area contributed by atoms with Crippen molar-refractivity contribution in [3.05, 3.63) is 54.8 Å². The van der Waals surface area contributed by atoms with Crippen LogP contribution in [0.1, 0.15) is 25.0 Å². The maximum atomic E-state index is 4.86. The summed E-state index contributed by atoms with van der Waals surface area (Å²) in [6, 6.07) is 6.26. The average molecular weight is 456 g/mol. The van der Waals surface area contributed by atoms with Gasteiger partial charge in [0.15, 0.2) is 0 Å². The van der Waals surface area contributed by atoms with Crippen molar-refractivity contribution in [3.8, 4) is 11.1 Å². The first-order valence-corrected chi connectivity index (χ1v) is 11.9. The van der Waals surface area contributed by atoms with Gasteiger partial charge in [0.1, 0.15) is 5.82 Å². The molecule has 0 aromatic carbocycles. The number of rotatable bonds is 5. The predicted octanol–water partition coefficient (Wildman–Crippen LogP) is 3.59. The number of pyridine rings is 1. The Hall–Kier alpha value is -3.72. The van der Waals surface area contributed by atoms with E-state index >= 15 is 0 Å². The van der Waals surface area contributed by atoms with Crippen LogP contribution in [0.25, 0.3) is 22.2 Å². The normalized spacial score (nSPS) is 16.9. The second kappa shape index (κ2) is 8.57. The lowest BCUT2D eigenvalue weighted by molar-refractivity contribution is 0.313. The number of aromatic nitrogens is 6. The summed E-state index contributed by atoms with van der Waals surface area (Å²) in [7, 11) is 4.11. The fraction of sp³-hybridized carbons (Fsp3) is 0.360. The molecule has 174 valence electrons. The Morgan fingerprint density at radius 1 is 0.971 bits per heavy atom. The van der Waals surface area contributed by atoms with E-state index in [9.17, 15) is 0 Å². The minimum Gasteiger partial charge on any atom is -0.368 e. The van der Waals surface area contributed by atoms with Gasteiger partial charge in [0.05, 0.1) is 35.5 Å². The van der Waals surface area contributed by atoms with Gasteiger partial charge in [-0.15, -0.1) is 5.10 Å². The number of fused-ring (bicyclic) bond motifs is 1. The number of hydrogen-bond acceptors (Lipinski definition) is 7. The third-order valence-electron chi connectivity index (χ3n) is 6.73. The van der Waals surface area contributed by atoms with Crippen molar-refractivity contribution in [2.45, 2.75) is 19.3 Å². The van der Waals surface area contributed by atoms with Gasteiger partial charge in [0, 0.05) is 50.6 Å². The van der Waals surface area contributed by atoms with Gasteiger partial charge in [-0.3, -0.25) is 4.68 Å². The van der Waals surface area contributed by atoms with Gasteiger partial charge >= 0.3 is 0 Å². The van der Waals surface area contributed by atoms with Crippen molar-refractivity contribution in [2.75, 3.05) is 43.4 Å². The number of nitrogens with zero attached hydrogens (tertiary/aromatic N) is 8. The van der Waals surface area contributed by atoms with Gasteiger partial charge < -0.3 is 15.1 Å². The van der Waals surface area contributed by atoms with Crippen molar-refractivity contribution in [2.24, 2.45) is 7.05 Å². The fourth-order valence-electron chi connectivity index (χ4n) is 4.83. The van der Waals surface area contributed by atoms with E-state index < -0.39 is 0 Å². The molecule has 6 rings (SSSR count). The third-order valence-corrected chi connectivity index (χ3v) is 6.73. The molecule has 9 nitrogen and oxygen atoms in total. The Morgan fingerprint density at radius 2 is 1.85 bits per heavy atom. The summed E-state index contributed by atoms with van der Waals surface area (Å²) < 4.78 is 3.84. The van der Waals surface area contributed by atoms with Gasteiger partial charge in [-0.05, 0) is 50.1 Å². The highest BCUT2D eigenvalue weighted by Gasteiger charge is 2.21. The first-order valence-electron chi connectivity index (χ1n) is 11.9. The Morgan fingerprint density at radius 3 is 2.56 bits per heavy atom. The molecule has 9 heteroatoms. The van der Waals surface area contributed by atoms with Crippen LogP contribution in [0, 0.1) is 0 Å². The van der Waals surface area contributed by atoms with Crippen LogP contribution in [0.15, 0.2) is 49.1 Å². The molecule has 0 saturated carbocycles. The summed E-state index contributed by atoms with van der Waals surface area (Å²) in [4.78, 5) is 13.9. The molecular formula is C25H29N9. The summed E-state index contributed by atoms with van der Waals surface area (Å²) in [6.45, 7) is 4.20. The van der Waals surface area contributed by atoms with Crippen LogP contribution in [-0.2, 0) is 7.05 Å². The van der Waals surface area contributed by atoms with Crippen molar-refractivity contribution >= 4 is 28.5 Å². The third kappa shape index (κ3) is 3.92. The van der Waals surface area contributed by atoms with Crippen LogP contribution in [0.3, 0.4) is 0 Å². The lowest BCUT2D eigenvalue weighted by Crippen LogP contribution is -2.44. The Bertz CT molecular complexity index is 1340. The monoisotopic (exact) mass is 455 g/mol. The first kappa shape index (κ1) is 20.9. The maximum absolute atomic E-state index is 4.86. The molecule has 1 fully saturated rings. The molecule has 4 aromatic rings. The van der Waals surface area contributed by atoms with Crippen LogP contribution in [-0.4, -0.2) is 67.5 Å². The van der Waals surface area contributed by atoms with Crippen molar-refractivity contribution in [3.63, 3.8) is 0 Å². The summed E-state index contributed by atoms with van der Waals surface area (Å²) in [5.41, 5.74) is 6.80. The number of anilines is 3. The van der Waals surface area contributed by atoms with E-state index in [1.807, 2.05) is 47.1 Å². The molecule has 1 N–H and O–H groups in total. The number of allylic oxidation sites excluding steroid dienone is 2. The van der Waals surface area contributed by atoms with E-state index in [1.54, 1.807) is 0 Å². The topological polar surface area (TPSA) is 79.4 Å². The van der Waals surface area contributed by atoms with Gasteiger partial charge in [-0.2, -0.15) is 5.10 Å². The highest BCUT2D eigenvalue weighted by Crippen LogP contribution is 2.36. The quantitative estimate of drug-likeness (QED) is 0.493. The number of likely N-dealkylation sites (N-methyl/N-ethyl adjacent to an activating group) is 1. The summed E-state index contributed by atoms with van der Waals surface area (Å²) >= 11 is 0. The predicted molar refractivity (Wildman–Crippen MR) is 134 cm³/mol. The zero-order valence-electron chi connectivity index (χ0n) is 19.6. The van der Waals surface area contributed by atoms with Crippen LogP contribution < -0.4 is 10.2 Å². The molecular weight excluding hydrogens is 426 g/mol. The molecule has 1 saturated heterocycles. The fourth-order valence-corrected chi connectivity index (χ4v) is 4.83. The minimum absolute atomic E-state index is 0.528. The van der Waals surface area contributed by atoms with Gasteiger partial charge in [-0.1, -0.05) is 6.08 Å². The summed E-state index contributed by atoms with van der Waals surface area (Å²) in [5, 5.41) is 12.5. The lowest BCUT2D eigenvalue weighted by Gasteiger charge is -2.33. The highest BCUT2D eigenvalue weighted by atomic mass is 15.3. The number of nitrogens with one attached hydrogen (secondary N) is 1. The molecule has 0 unspecified atom stereocenters. The van der Waals surface area contributed by atoms with E-state index in [4.69, 9.17) is 5.10 Å². The summed E-state index contributed by atoms with van der Waals surface area (Å²) in [6.07, 6.45) is 13.4. The second-order valence-corrected chi connectivity index (χ2v) is 9.17. The van der Waals surface area contributed by atoms with E-state index in [0.717, 1.165) is 72.9 Å². The van der Waals surface area contributed by atoms with Crippen molar-refractivity contribution in [1.29, 1.82) is 0 Å². The summed E-state index contributed by atoms with van der Waals surface area (Å²) in [5.74, 6) is 1.26. The Balaban J connectivity index is 1.30. The Kier molecular flexibility index (Phi) is 5.26. The zero-order chi connectivity index (χ0) is 23.1. The van der Waals surface area contributed by atoms with Gasteiger partial charge in [0.2, 0.25) is 5.95 Å². The van der Waals surface area contributed by atoms with Gasteiger partial charge in [-0.25, -0.2) is 14.5 Å². The van der Waals surface area contributed by atoms with Crippen LogP contribution in [0.5, 0.6) is 0 Å². The molecule has 34 heavy (non-hydrogen) atoms. The van der Waals surface area contributed by atoms with Crippen molar-refractivity contribution in [1.82, 2.24) is 34.3 Å². The second-order valence-electron chi connectivity index (χ2n) is 9.17. The average Bonchev–Trinajstić information content (AvgIpc) is 3.59. The zero-order valence-corrected chi connectivity index (χ0v) is 19.6. The molecule has 0 atom stereocenters. The smallest absolute Gasteiger partial charge is 0.246 e. The van der Waals surface area contributed by atoms with Gasteiger partial charge in [0.25, 0.3) is 0 Å². The van der Waals surface area contributed by atoms with Crippen LogP contribution in [0.4, 0.5) is 17.5 Å². The molecule has 1 aliphatic carbocycles. The molecule has 0 spiro atoms. The van der Waals surface area contributed by atoms with Crippen LogP contribution in [0.2, 0.25) is 0 Å². The SMILES string of the molecule is CN1CCN(c2ccc(Nc3ncc4cc(-c5cnn(C)c5)c(C5=CCCC5)n4n3)nc2)CC1. The lowest BCUT2D eigenvalue weighted by atomic mass is 10.0. The van der Waals surface area contributed by atoms with E-state index in [1.165, 1.54) is 12.0 Å². The largest absolute Gasteiger partial charge is 0.368 e. The molecule has 0 amide bonds. The maximum Gasteiger partial charge on any atom is 0.246 e. The van der Waals surface area contributed by atoms with E-state index in [-0.39, 0.29) is 0 Å². The minimum atomic E-state index is 0.528. The highest BCUT2D eigenvalue weighted by molar-refractivity contribution is 5.84. The van der Waals surface area contributed by atoms with E-state index in [0.29, 0.717) is 5.95 Å². The number of aryl methyl sites for hydroxylation is 1.